The summed E-state index contributed by atoms with van der Waals surface area (Å²) in [4.78, 5) is 16.7. The zero-order chi connectivity index (χ0) is 17.3. The van der Waals surface area contributed by atoms with E-state index in [1.807, 2.05) is 57.3 Å². The van der Waals surface area contributed by atoms with Crippen molar-refractivity contribution in [2.75, 3.05) is 7.11 Å². The zero-order valence-electron chi connectivity index (χ0n) is 14.9. The van der Waals surface area contributed by atoms with E-state index in [2.05, 4.69) is 5.10 Å². The van der Waals surface area contributed by atoms with E-state index in [9.17, 15) is 4.79 Å². The Kier molecular flexibility index (Phi) is 5.14. The molecule has 0 radical (unpaired) electrons. The molecule has 23 heavy (non-hydrogen) atoms. The Bertz CT molecular complexity index is 716. The summed E-state index contributed by atoms with van der Waals surface area (Å²) in [7, 11) is 3.53. The van der Waals surface area contributed by atoms with Crippen molar-refractivity contribution in [2.24, 2.45) is 7.05 Å². The van der Waals surface area contributed by atoms with Crippen LogP contribution in [0.15, 0.2) is 6.07 Å². The fraction of sp³-hybridized carbons (Fsp3) is 0.529. The first kappa shape index (κ1) is 17.5. The van der Waals surface area contributed by atoms with Crippen molar-refractivity contribution in [3.8, 4) is 5.75 Å². The number of aryl methyl sites for hydroxylation is 3. The van der Waals surface area contributed by atoms with Crippen LogP contribution in [-0.2, 0) is 13.6 Å². The van der Waals surface area contributed by atoms with E-state index in [1.165, 1.54) is 11.3 Å². The van der Waals surface area contributed by atoms with E-state index in [0.717, 1.165) is 21.8 Å². The Morgan fingerprint density at radius 2 is 2.04 bits per heavy atom. The van der Waals surface area contributed by atoms with E-state index in [4.69, 9.17) is 4.74 Å². The maximum atomic E-state index is 13.0. The second-order valence-electron chi connectivity index (χ2n) is 6.05. The predicted octanol–water partition coefficient (Wildman–Crippen LogP) is 3.47. The Hall–Kier alpha value is -1.82. The summed E-state index contributed by atoms with van der Waals surface area (Å²) in [5, 5.41) is 4.45. The molecule has 0 saturated heterocycles. The molecule has 0 aromatic carbocycles. The van der Waals surface area contributed by atoms with Gasteiger partial charge in [0.2, 0.25) is 0 Å². The Morgan fingerprint density at radius 3 is 2.52 bits per heavy atom. The lowest BCUT2D eigenvalue weighted by atomic mass is 10.1. The SMILES string of the molecule is COc1cc(C)sc1C(=O)N(Cc1c(C)nn(C)c1C)C(C)C. The van der Waals surface area contributed by atoms with E-state index in [1.54, 1.807) is 7.11 Å². The van der Waals surface area contributed by atoms with Gasteiger partial charge in [0, 0.05) is 35.8 Å². The second kappa shape index (κ2) is 6.74. The molecule has 0 N–H and O–H groups in total. The monoisotopic (exact) mass is 335 g/mol. The third kappa shape index (κ3) is 3.42. The molecule has 6 heteroatoms. The van der Waals surface area contributed by atoms with Crippen LogP contribution < -0.4 is 4.74 Å². The molecule has 0 bridgehead atoms. The lowest BCUT2D eigenvalue weighted by Crippen LogP contribution is -2.36. The normalized spacial score (nSPS) is 11.1. The van der Waals surface area contributed by atoms with Crippen molar-refractivity contribution in [1.82, 2.24) is 14.7 Å². The molecule has 1 amide bonds. The van der Waals surface area contributed by atoms with Crippen LogP contribution in [0.2, 0.25) is 0 Å². The Balaban J connectivity index is 2.36. The average molecular weight is 335 g/mol. The summed E-state index contributed by atoms with van der Waals surface area (Å²) in [6.45, 7) is 10.6. The first-order chi connectivity index (χ1) is 10.8. The van der Waals surface area contributed by atoms with Gasteiger partial charge >= 0.3 is 0 Å². The molecule has 0 aliphatic carbocycles. The van der Waals surface area contributed by atoms with Gasteiger partial charge in [-0.3, -0.25) is 9.48 Å². The second-order valence-corrected chi connectivity index (χ2v) is 7.31. The number of amides is 1. The minimum absolute atomic E-state index is 0.0117. The Labute approximate surface area is 141 Å². The topological polar surface area (TPSA) is 47.4 Å². The number of carbonyl (C=O) groups excluding carboxylic acids is 1. The number of rotatable bonds is 5. The summed E-state index contributed by atoms with van der Waals surface area (Å²) in [5.41, 5.74) is 3.18. The molecule has 2 aromatic rings. The molecule has 0 aliphatic rings. The molecule has 0 saturated carbocycles. The maximum absolute atomic E-state index is 13.0. The number of thiophene rings is 1. The molecule has 0 atom stereocenters. The van der Waals surface area contributed by atoms with Crippen LogP contribution in [-0.4, -0.2) is 33.7 Å². The van der Waals surface area contributed by atoms with Gasteiger partial charge < -0.3 is 9.64 Å². The van der Waals surface area contributed by atoms with Gasteiger partial charge in [-0.25, -0.2) is 0 Å². The molecule has 126 valence electrons. The van der Waals surface area contributed by atoms with Gasteiger partial charge in [0.25, 0.3) is 5.91 Å². The van der Waals surface area contributed by atoms with Gasteiger partial charge in [-0.05, 0) is 40.7 Å². The summed E-state index contributed by atoms with van der Waals surface area (Å²) in [6, 6.07) is 2.00. The third-order valence-electron chi connectivity index (χ3n) is 4.11. The van der Waals surface area contributed by atoms with Crippen molar-refractivity contribution in [3.05, 3.63) is 32.8 Å². The smallest absolute Gasteiger partial charge is 0.268 e. The summed E-state index contributed by atoms with van der Waals surface area (Å²) < 4.78 is 7.23. The first-order valence-electron chi connectivity index (χ1n) is 7.70. The number of nitrogens with zero attached hydrogens (tertiary/aromatic N) is 3. The summed E-state index contributed by atoms with van der Waals surface area (Å²) >= 11 is 1.48. The van der Waals surface area contributed by atoms with Crippen LogP contribution in [0, 0.1) is 20.8 Å². The summed E-state index contributed by atoms with van der Waals surface area (Å²) in [6.07, 6.45) is 0. The molecule has 5 nitrogen and oxygen atoms in total. The number of hydrogen-bond donors (Lipinski definition) is 0. The van der Waals surface area contributed by atoms with Gasteiger partial charge in [-0.1, -0.05) is 0 Å². The number of ether oxygens (including phenoxy) is 1. The highest BCUT2D eigenvalue weighted by Gasteiger charge is 2.26. The van der Waals surface area contributed by atoms with E-state index in [0.29, 0.717) is 17.2 Å². The first-order valence-corrected chi connectivity index (χ1v) is 8.52. The maximum Gasteiger partial charge on any atom is 0.268 e. The van der Waals surface area contributed by atoms with Gasteiger partial charge in [0.05, 0.1) is 12.8 Å². The largest absolute Gasteiger partial charge is 0.495 e. The number of carbonyl (C=O) groups is 1. The Morgan fingerprint density at radius 1 is 1.39 bits per heavy atom. The fourth-order valence-corrected chi connectivity index (χ4v) is 3.56. The van der Waals surface area contributed by atoms with Crippen LogP contribution in [0.25, 0.3) is 0 Å². The lowest BCUT2D eigenvalue weighted by molar-refractivity contribution is 0.0691. The molecular weight excluding hydrogens is 310 g/mol. The zero-order valence-corrected chi connectivity index (χ0v) is 15.7. The van der Waals surface area contributed by atoms with Crippen molar-refractivity contribution in [3.63, 3.8) is 0 Å². The van der Waals surface area contributed by atoms with Crippen molar-refractivity contribution >= 4 is 17.2 Å². The molecule has 2 rings (SSSR count). The quantitative estimate of drug-likeness (QED) is 0.840. The minimum Gasteiger partial charge on any atom is -0.495 e. The van der Waals surface area contributed by atoms with Crippen molar-refractivity contribution in [2.45, 2.75) is 47.2 Å². The van der Waals surface area contributed by atoms with Gasteiger partial charge in [-0.15, -0.1) is 11.3 Å². The van der Waals surface area contributed by atoms with Gasteiger partial charge in [0.15, 0.2) is 0 Å². The van der Waals surface area contributed by atoms with Gasteiger partial charge in [0.1, 0.15) is 10.6 Å². The van der Waals surface area contributed by atoms with Crippen LogP contribution in [0.3, 0.4) is 0 Å². The minimum atomic E-state index is 0.0117. The third-order valence-corrected chi connectivity index (χ3v) is 5.13. The fourth-order valence-electron chi connectivity index (χ4n) is 2.63. The number of methoxy groups -OCH3 is 1. The predicted molar refractivity (Wildman–Crippen MR) is 93.3 cm³/mol. The number of aromatic nitrogens is 2. The molecule has 0 unspecified atom stereocenters. The highest BCUT2D eigenvalue weighted by atomic mass is 32.1. The van der Waals surface area contributed by atoms with Gasteiger partial charge in [-0.2, -0.15) is 5.10 Å². The van der Waals surface area contributed by atoms with E-state index < -0.39 is 0 Å². The van der Waals surface area contributed by atoms with Crippen LogP contribution in [0.1, 0.15) is 45.3 Å². The average Bonchev–Trinajstić information content (AvgIpc) is 2.97. The van der Waals surface area contributed by atoms with E-state index in [-0.39, 0.29) is 11.9 Å². The lowest BCUT2D eigenvalue weighted by Gasteiger charge is -2.27. The molecule has 2 heterocycles. The van der Waals surface area contributed by atoms with Crippen LogP contribution in [0.4, 0.5) is 0 Å². The van der Waals surface area contributed by atoms with Crippen molar-refractivity contribution < 1.29 is 9.53 Å². The summed E-state index contributed by atoms with van der Waals surface area (Å²) in [5.74, 6) is 0.667. The highest BCUT2D eigenvalue weighted by Crippen LogP contribution is 2.31. The van der Waals surface area contributed by atoms with Crippen molar-refractivity contribution in [1.29, 1.82) is 0 Å². The molecule has 0 spiro atoms. The highest BCUT2D eigenvalue weighted by molar-refractivity contribution is 7.14. The molecule has 0 fully saturated rings. The molecular formula is C17H25N3O2S. The molecule has 2 aromatic heterocycles. The molecule has 0 aliphatic heterocycles. The van der Waals surface area contributed by atoms with Crippen LogP contribution in [0.5, 0.6) is 5.75 Å². The van der Waals surface area contributed by atoms with E-state index >= 15 is 0 Å². The number of hydrogen-bond acceptors (Lipinski definition) is 4. The standard InChI is InChI=1S/C17H25N3O2S/c1-10(2)20(9-14-12(4)18-19(6)13(14)5)17(21)16-15(22-7)8-11(3)23-16/h8,10H,9H2,1-7H3. The van der Waals surface area contributed by atoms with Crippen LogP contribution >= 0.6 is 11.3 Å².